The summed E-state index contributed by atoms with van der Waals surface area (Å²) in [5.74, 6) is 1.38. The lowest BCUT2D eigenvalue weighted by Gasteiger charge is -2.20. The quantitative estimate of drug-likeness (QED) is 0.881. The van der Waals surface area contributed by atoms with E-state index in [1.807, 2.05) is 13.0 Å². The third kappa shape index (κ3) is 3.25. The molecule has 0 saturated heterocycles. The van der Waals surface area contributed by atoms with Crippen LogP contribution >= 0.6 is 0 Å². The summed E-state index contributed by atoms with van der Waals surface area (Å²) in [6, 6.07) is 9.80. The molecular weight excluding hydrogens is 236 g/mol. The second kappa shape index (κ2) is 4.92. The van der Waals surface area contributed by atoms with Gasteiger partial charge in [-0.15, -0.1) is 0 Å². The highest BCUT2D eigenvalue weighted by atomic mass is 16.5. The molecule has 1 heterocycles. The molecular formula is C16H20N2O. The molecule has 3 nitrogen and oxygen atoms in total. The maximum atomic E-state index is 5.77. The van der Waals surface area contributed by atoms with Gasteiger partial charge in [0.25, 0.3) is 0 Å². The summed E-state index contributed by atoms with van der Waals surface area (Å²) in [4.78, 5) is 4.14. The molecule has 19 heavy (non-hydrogen) atoms. The van der Waals surface area contributed by atoms with Gasteiger partial charge in [-0.1, -0.05) is 32.9 Å². The van der Waals surface area contributed by atoms with Crippen molar-refractivity contribution in [3.8, 4) is 11.6 Å². The first kappa shape index (κ1) is 13.4. The number of anilines is 1. The Morgan fingerprint density at radius 2 is 1.84 bits per heavy atom. The van der Waals surface area contributed by atoms with Crippen LogP contribution in [0.5, 0.6) is 11.6 Å². The van der Waals surface area contributed by atoms with Crippen molar-refractivity contribution in [2.45, 2.75) is 33.1 Å². The van der Waals surface area contributed by atoms with Gasteiger partial charge in [0.05, 0.1) is 11.9 Å². The fourth-order valence-electron chi connectivity index (χ4n) is 1.80. The van der Waals surface area contributed by atoms with Gasteiger partial charge in [-0.25, -0.2) is 4.98 Å². The van der Waals surface area contributed by atoms with Gasteiger partial charge in [0, 0.05) is 6.07 Å². The Morgan fingerprint density at radius 3 is 2.37 bits per heavy atom. The van der Waals surface area contributed by atoms with Crippen molar-refractivity contribution < 1.29 is 4.74 Å². The molecule has 0 saturated carbocycles. The van der Waals surface area contributed by atoms with Crippen LogP contribution in [-0.4, -0.2) is 4.98 Å². The fourth-order valence-corrected chi connectivity index (χ4v) is 1.80. The van der Waals surface area contributed by atoms with Crippen LogP contribution in [-0.2, 0) is 5.41 Å². The van der Waals surface area contributed by atoms with Crippen LogP contribution in [0.1, 0.15) is 31.9 Å². The highest BCUT2D eigenvalue weighted by Crippen LogP contribution is 2.29. The number of aryl methyl sites for hydroxylation is 1. The number of hydrogen-bond donors (Lipinski definition) is 1. The average molecular weight is 256 g/mol. The van der Waals surface area contributed by atoms with Gasteiger partial charge in [-0.3, -0.25) is 0 Å². The van der Waals surface area contributed by atoms with Gasteiger partial charge < -0.3 is 10.5 Å². The van der Waals surface area contributed by atoms with Gasteiger partial charge in [0.2, 0.25) is 5.88 Å². The van der Waals surface area contributed by atoms with Crippen molar-refractivity contribution in [1.29, 1.82) is 0 Å². The Kier molecular flexibility index (Phi) is 3.47. The molecule has 0 atom stereocenters. The lowest BCUT2D eigenvalue weighted by atomic mass is 9.86. The molecule has 2 N–H and O–H groups in total. The van der Waals surface area contributed by atoms with Crippen molar-refractivity contribution in [2.75, 3.05) is 5.73 Å². The standard InChI is InChI=1S/C16H20N2O/c1-11-9-12(16(2,3)4)5-7-14(11)19-15-8-6-13(17)10-18-15/h5-10H,17H2,1-4H3. The zero-order valence-corrected chi connectivity index (χ0v) is 11.9. The Hall–Kier alpha value is -2.03. The maximum Gasteiger partial charge on any atom is 0.219 e. The molecule has 0 aliphatic heterocycles. The number of aromatic nitrogens is 1. The van der Waals surface area contributed by atoms with Crippen molar-refractivity contribution >= 4 is 5.69 Å². The number of benzene rings is 1. The van der Waals surface area contributed by atoms with Crippen molar-refractivity contribution in [3.05, 3.63) is 47.7 Å². The number of nitrogen functional groups attached to an aromatic ring is 1. The first-order valence-electron chi connectivity index (χ1n) is 6.37. The fraction of sp³-hybridized carbons (Fsp3) is 0.312. The molecule has 0 bridgehead atoms. The van der Waals surface area contributed by atoms with Gasteiger partial charge in [-0.2, -0.15) is 0 Å². The van der Waals surface area contributed by atoms with Crippen LogP contribution < -0.4 is 10.5 Å². The monoisotopic (exact) mass is 256 g/mol. The second-order valence-electron chi connectivity index (χ2n) is 5.76. The number of rotatable bonds is 2. The van der Waals surface area contributed by atoms with E-state index in [1.165, 1.54) is 5.56 Å². The number of nitrogens with zero attached hydrogens (tertiary/aromatic N) is 1. The third-order valence-corrected chi connectivity index (χ3v) is 3.01. The minimum Gasteiger partial charge on any atom is -0.439 e. The van der Waals surface area contributed by atoms with Gasteiger partial charge in [0.1, 0.15) is 5.75 Å². The van der Waals surface area contributed by atoms with Crippen LogP contribution in [0.3, 0.4) is 0 Å². The van der Waals surface area contributed by atoms with E-state index in [4.69, 9.17) is 10.5 Å². The first-order valence-corrected chi connectivity index (χ1v) is 6.37. The molecule has 2 aromatic rings. The molecule has 1 aromatic carbocycles. The Balaban J connectivity index is 2.24. The smallest absolute Gasteiger partial charge is 0.219 e. The van der Waals surface area contributed by atoms with E-state index in [9.17, 15) is 0 Å². The average Bonchev–Trinajstić information content (AvgIpc) is 2.33. The Bertz CT molecular complexity index is 568. The van der Waals surface area contributed by atoms with E-state index in [1.54, 1.807) is 18.3 Å². The largest absolute Gasteiger partial charge is 0.439 e. The second-order valence-corrected chi connectivity index (χ2v) is 5.76. The van der Waals surface area contributed by atoms with Crippen molar-refractivity contribution in [2.24, 2.45) is 0 Å². The normalized spacial score (nSPS) is 11.4. The molecule has 0 aliphatic carbocycles. The summed E-state index contributed by atoms with van der Waals surface area (Å²) in [7, 11) is 0. The molecule has 1 aromatic heterocycles. The zero-order chi connectivity index (χ0) is 14.0. The van der Waals surface area contributed by atoms with Crippen LogP contribution in [0.4, 0.5) is 5.69 Å². The number of pyridine rings is 1. The van der Waals surface area contributed by atoms with Crippen LogP contribution in [0.2, 0.25) is 0 Å². The molecule has 0 amide bonds. The molecule has 0 radical (unpaired) electrons. The summed E-state index contributed by atoms with van der Waals surface area (Å²) in [6.07, 6.45) is 1.59. The van der Waals surface area contributed by atoms with E-state index in [-0.39, 0.29) is 5.41 Å². The van der Waals surface area contributed by atoms with E-state index in [0.29, 0.717) is 11.6 Å². The predicted octanol–water partition coefficient (Wildman–Crippen LogP) is 4.06. The third-order valence-electron chi connectivity index (χ3n) is 3.01. The molecule has 0 fully saturated rings. The number of ether oxygens (including phenoxy) is 1. The van der Waals surface area contributed by atoms with E-state index < -0.39 is 0 Å². The van der Waals surface area contributed by atoms with E-state index in [2.05, 4.69) is 37.9 Å². The van der Waals surface area contributed by atoms with Crippen LogP contribution in [0.15, 0.2) is 36.5 Å². The van der Waals surface area contributed by atoms with E-state index >= 15 is 0 Å². The van der Waals surface area contributed by atoms with Gasteiger partial charge in [0.15, 0.2) is 0 Å². The molecule has 0 unspecified atom stereocenters. The lowest BCUT2D eigenvalue weighted by molar-refractivity contribution is 0.458. The summed E-state index contributed by atoms with van der Waals surface area (Å²) in [6.45, 7) is 8.64. The topological polar surface area (TPSA) is 48.1 Å². The van der Waals surface area contributed by atoms with E-state index in [0.717, 1.165) is 11.3 Å². The summed E-state index contributed by atoms with van der Waals surface area (Å²) in [5.41, 5.74) is 8.77. The first-order chi connectivity index (χ1) is 8.86. The minimum atomic E-state index is 0.142. The molecule has 0 spiro atoms. The van der Waals surface area contributed by atoms with Gasteiger partial charge >= 0.3 is 0 Å². The summed E-state index contributed by atoms with van der Waals surface area (Å²) < 4.78 is 5.77. The number of nitrogens with two attached hydrogens (primary N) is 1. The molecule has 100 valence electrons. The summed E-state index contributed by atoms with van der Waals surface area (Å²) in [5, 5.41) is 0. The highest BCUT2D eigenvalue weighted by Gasteiger charge is 2.15. The Morgan fingerprint density at radius 1 is 1.11 bits per heavy atom. The molecule has 3 heteroatoms. The zero-order valence-electron chi connectivity index (χ0n) is 11.9. The SMILES string of the molecule is Cc1cc(C(C)(C)C)ccc1Oc1ccc(N)cn1. The minimum absolute atomic E-state index is 0.142. The number of hydrogen-bond acceptors (Lipinski definition) is 3. The van der Waals surface area contributed by atoms with Gasteiger partial charge in [-0.05, 0) is 35.6 Å². The van der Waals surface area contributed by atoms with Crippen LogP contribution in [0.25, 0.3) is 0 Å². The Labute approximate surface area is 114 Å². The molecule has 2 rings (SSSR count). The maximum absolute atomic E-state index is 5.77. The highest BCUT2D eigenvalue weighted by molar-refractivity contribution is 5.42. The molecule has 0 aliphatic rings. The predicted molar refractivity (Wildman–Crippen MR) is 78.6 cm³/mol. The summed E-state index contributed by atoms with van der Waals surface area (Å²) >= 11 is 0. The van der Waals surface area contributed by atoms with Crippen LogP contribution in [0, 0.1) is 6.92 Å². The van der Waals surface area contributed by atoms with Crippen molar-refractivity contribution in [1.82, 2.24) is 4.98 Å². The van der Waals surface area contributed by atoms with Crippen molar-refractivity contribution in [3.63, 3.8) is 0 Å². The lowest BCUT2D eigenvalue weighted by Crippen LogP contribution is -2.11.